The first-order valence-corrected chi connectivity index (χ1v) is 6.84. The van der Waals surface area contributed by atoms with Crippen LogP contribution in [0.5, 0.6) is 0 Å². The lowest BCUT2D eigenvalue weighted by Crippen LogP contribution is -2.53. The van der Waals surface area contributed by atoms with Crippen LogP contribution in [0.2, 0.25) is 0 Å². The molecular formula is C15H20N2O. The van der Waals surface area contributed by atoms with Crippen molar-refractivity contribution < 1.29 is 4.79 Å². The van der Waals surface area contributed by atoms with E-state index < -0.39 is 0 Å². The molecule has 3 rings (SSSR count). The second kappa shape index (κ2) is 4.73. The topological polar surface area (TPSA) is 32.3 Å². The molecule has 1 N–H and O–H groups in total. The van der Waals surface area contributed by atoms with Gasteiger partial charge in [0.15, 0.2) is 0 Å². The van der Waals surface area contributed by atoms with Gasteiger partial charge in [-0.3, -0.25) is 4.79 Å². The Morgan fingerprint density at radius 1 is 1.22 bits per heavy atom. The summed E-state index contributed by atoms with van der Waals surface area (Å²) in [5.41, 5.74) is 2.84. The number of rotatable bonds is 2. The summed E-state index contributed by atoms with van der Waals surface area (Å²) in [5, 5.41) is 3.14. The Kier molecular flexibility index (Phi) is 3.08. The highest BCUT2D eigenvalue weighted by atomic mass is 16.2. The van der Waals surface area contributed by atoms with Crippen LogP contribution in [0.25, 0.3) is 0 Å². The van der Waals surface area contributed by atoms with Gasteiger partial charge < -0.3 is 10.2 Å². The number of hydrogen-bond acceptors (Lipinski definition) is 2. The largest absolute Gasteiger partial charge is 0.338 e. The van der Waals surface area contributed by atoms with E-state index in [9.17, 15) is 4.79 Å². The van der Waals surface area contributed by atoms with Gasteiger partial charge >= 0.3 is 0 Å². The number of hydrogen-bond donors (Lipinski definition) is 1. The van der Waals surface area contributed by atoms with Gasteiger partial charge in [-0.2, -0.15) is 0 Å². The van der Waals surface area contributed by atoms with Gasteiger partial charge in [-0.05, 0) is 43.9 Å². The van der Waals surface area contributed by atoms with E-state index in [1.165, 1.54) is 11.1 Å². The van der Waals surface area contributed by atoms with Crippen LogP contribution < -0.4 is 5.32 Å². The molecule has 1 fully saturated rings. The Morgan fingerprint density at radius 3 is 2.50 bits per heavy atom. The number of benzene rings is 1. The number of likely N-dealkylation sites (tertiary alicyclic amines) is 1. The number of nitrogens with one attached hydrogen (secondary N) is 1. The minimum Gasteiger partial charge on any atom is -0.338 e. The van der Waals surface area contributed by atoms with E-state index in [0.717, 1.165) is 32.2 Å². The van der Waals surface area contributed by atoms with Gasteiger partial charge in [0, 0.05) is 12.6 Å². The second-order valence-corrected chi connectivity index (χ2v) is 5.35. The molecule has 1 saturated heterocycles. The zero-order chi connectivity index (χ0) is 12.5. The number of likely N-dealkylation sites (N-methyl/N-ethyl adjacent to an activating group) is 1. The van der Waals surface area contributed by atoms with Gasteiger partial charge in [0.2, 0.25) is 5.91 Å². The van der Waals surface area contributed by atoms with Crippen LogP contribution in [0.15, 0.2) is 24.3 Å². The summed E-state index contributed by atoms with van der Waals surface area (Å²) in [6.45, 7) is 0.926. The number of carbonyl (C=O) groups excluding carboxylic acids is 1. The van der Waals surface area contributed by atoms with Crippen LogP contribution in [-0.4, -0.2) is 36.5 Å². The summed E-state index contributed by atoms with van der Waals surface area (Å²) in [5.74, 6) is 0.293. The lowest BCUT2D eigenvalue weighted by molar-refractivity contribution is -0.138. The van der Waals surface area contributed by atoms with Crippen LogP contribution >= 0.6 is 0 Å². The van der Waals surface area contributed by atoms with Crippen molar-refractivity contribution in [2.24, 2.45) is 0 Å². The van der Waals surface area contributed by atoms with Crippen LogP contribution in [0, 0.1) is 0 Å². The Morgan fingerprint density at radius 2 is 1.89 bits per heavy atom. The molecule has 0 saturated carbocycles. The van der Waals surface area contributed by atoms with Gasteiger partial charge in [0.05, 0.1) is 6.04 Å². The summed E-state index contributed by atoms with van der Waals surface area (Å²) >= 11 is 0. The smallest absolute Gasteiger partial charge is 0.239 e. The standard InChI is InChI=1S/C15H20N2O/c1-16-14-7-4-8-17(15(14)18)13-9-11-5-2-3-6-12(11)10-13/h2-3,5-6,13-14,16H,4,7-10H2,1H3. The molecule has 1 aromatic carbocycles. The summed E-state index contributed by atoms with van der Waals surface area (Å²) < 4.78 is 0. The van der Waals surface area contributed by atoms with E-state index >= 15 is 0 Å². The molecule has 1 atom stereocenters. The first-order valence-electron chi connectivity index (χ1n) is 6.84. The van der Waals surface area contributed by atoms with Crippen LogP contribution in [0.1, 0.15) is 24.0 Å². The molecule has 0 aromatic heterocycles. The lowest BCUT2D eigenvalue weighted by atomic mass is 10.0. The minimum atomic E-state index is 0.0301. The first-order chi connectivity index (χ1) is 8.79. The number of nitrogens with zero attached hydrogens (tertiary/aromatic N) is 1. The SMILES string of the molecule is CNC1CCCN(C2Cc3ccccc3C2)C1=O. The molecule has 96 valence electrons. The fourth-order valence-corrected chi connectivity index (χ4v) is 3.29. The molecule has 1 aliphatic carbocycles. The number of piperidine rings is 1. The van der Waals surface area contributed by atoms with Gasteiger partial charge in [0.25, 0.3) is 0 Å². The van der Waals surface area contributed by atoms with Crippen molar-refractivity contribution in [3.8, 4) is 0 Å². The van der Waals surface area contributed by atoms with E-state index in [4.69, 9.17) is 0 Å². The molecule has 0 bridgehead atoms. The summed E-state index contributed by atoms with van der Waals surface area (Å²) in [7, 11) is 1.88. The third-order valence-electron chi connectivity index (χ3n) is 4.29. The summed E-state index contributed by atoms with van der Waals surface area (Å²) in [6, 6.07) is 8.98. The monoisotopic (exact) mass is 244 g/mol. The fraction of sp³-hybridized carbons (Fsp3) is 0.533. The third-order valence-corrected chi connectivity index (χ3v) is 4.29. The molecule has 1 heterocycles. The van der Waals surface area contributed by atoms with Crippen molar-refractivity contribution in [1.82, 2.24) is 10.2 Å². The van der Waals surface area contributed by atoms with Gasteiger partial charge in [-0.1, -0.05) is 24.3 Å². The van der Waals surface area contributed by atoms with Crippen molar-refractivity contribution in [3.63, 3.8) is 0 Å². The van der Waals surface area contributed by atoms with Crippen molar-refractivity contribution >= 4 is 5.91 Å². The third kappa shape index (κ3) is 1.93. The molecule has 2 aliphatic rings. The summed E-state index contributed by atoms with van der Waals surface area (Å²) in [4.78, 5) is 14.5. The summed E-state index contributed by atoms with van der Waals surface area (Å²) in [6.07, 6.45) is 4.15. The van der Waals surface area contributed by atoms with E-state index in [0.29, 0.717) is 11.9 Å². The molecule has 18 heavy (non-hydrogen) atoms. The van der Waals surface area contributed by atoms with Gasteiger partial charge in [0.1, 0.15) is 0 Å². The van der Waals surface area contributed by atoms with Crippen molar-refractivity contribution in [3.05, 3.63) is 35.4 Å². The Labute approximate surface area is 108 Å². The maximum atomic E-state index is 12.4. The Balaban J connectivity index is 1.76. The zero-order valence-corrected chi connectivity index (χ0v) is 10.9. The number of carbonyl (C=O) groups is 1. The average Bonchev–Trinajstić information content (AvgIpc) is 2.82. The number of fused-ring (bicyclic) bond motifs is 1. The van der Waals surface area contributed by atoms with Crippen molar-refractivity contribution in [2.45, 2.75) is 37.8 Å². The highest BCUT2D eigenvalue weighted by Gasteiger charge is 2.34. The molecule has 1 amide bonds. The molecular weight excluding hydrogens is 224 g/mol. The molecule has 0 radical (unpaired) electrons. The maximum Gasteiger partial charge on any atom is 0.239 e. The predicted molar refractivity (Wildman–Crippen MR) is 71.4 cm³/mol. The normalized spacial score (nSPS) is 24.4. The zero-order valence-electron chi connectivity index (χ0n) is 10.9. The fourth-order valence-electron chi connectivity index (χ4n) is 3.29. The first kappa shape index (κ1) is 11.7. The van der Waals surface area contributed by atoms with E-state index in [1.54, 1.807) is 0 Å². The number of amides is 1. The van der Waals surface area contributed by atoms with Crippen LogP contribution in [0.4, 0.5) is 0 Å². The van der Waals surface area contributed by atoms with Crippen LogP contribution in [-0.2, 0) is 17.6 Å². The highest BCUT2D eigenvalue weighted by Crippen LogP contribution is 2.27. The van der Waals surface area contributed by atoms with Gasteiger partial charge in [-0.15, -0.1) is 0 Å². The van der Waals surface area contributed by atoms with Crippen LogP contribution in [0.3, 0.4) is 0 Å². The predicted octanol–water partition coefficient (Wildman–Crippen LogP) is 1.36. The molecule has 0 spiro atoms. The maximum absolute atomic E-state index is 12.4. The Hall–Kier alpha value is -1.35. The molecule has 3 heteroatoms. The minimum absolute atomic E-state index is 0.0301. The quantitative estimate of drug-likeness (QED) is 0.852. The second-order valence-electron chi connectivity index (χ2n) is 5.35. The van der Waals surface area contributed by atoms with E-state index in [1.807, 2.05) is 7.05 Å². The molecule has 1 aromatic rings. The van der Waals surface area contributed by atoms with E-state index in [-0.39, 0.29) is 6.04 Å². The molecule has 1 aliphatic heterocycles. The Bertz CT molecular complexity index is 433. The molecule has 1 unspecified atom stereocenters. The van der Waals surface area contributed by atoms with Gasteiger partial charge in [-0.25, -0.2) is 0 Å². The van der Waals surface area contributed by atoms with E-state index in [2.05, 4.69) is 34.5 Å². The average molecular weight is 244 g/mol. The molecule has 3 nitrogen and oxygen atoms in total. The van der Waals surface area contributed by atoms with Crippen molar-refractivity contribution in [1.29, 1.82) is 0 Å². The lowest BCUT2D eigenvalue weighted by Gasteiger charge is -2.36. The van der Waals surface area contributed by atoms with Crippen molar-refractivity contribution in [2.75, 3.05) is 13.6 Å². The highest BCUT2D eigenvalue weighted by molar-refractivity contribution is 5.83.